The van der Waals surface area contributed by atoms with Gasteiger partial charge in [0, 0.05) is 50.3 Å². The maximum atomic E-state index is 13.4. The van der Waals surface area contributed by atoms with Gasteiger partial charge < -0.3 is 5.32 Å². The van der Waals surface area contributed by atoms with E-state index in [9.17, 15) is 9.59 Å². The molecule has 47 heavy (non-hydrogen) atoms. The Kier molecular flexibility index (Phi) is 8.49. The molecule has 7 nitrogen and oxygen atoms in total. The van der Waals surface area contributed by atoms with Gasteiger partial charge >= 0.3 is 6.03 Å². The van der Waals surface area contributed by atoms with Crippen LogP contribution in [0.4, 0.5) is 16.3 Å². The van der Waals surface area contributed by atoms with E-state index in [1.165, 1.54) is 15.8 Å². The Morgan fingerprint density at radius 2 is 1.66 bits per heavy atom. The summed E-state index contributed by atoms with van der Waals surface area (Å²) in [6, 6.07) is 27.1. The zero-order chi connectivity index (χ0) is 32.7. The van der Waals surface area contributed by atoms with E-state index in [1.807, 2.05) is 60.0 Å². The first-order chi connectivity index (χ1) is 22.6. The summed E-state index contributed by atoms with van der Waals surface area (Å²) in [5.41, 5.74) is 5.66. The zero-order valence-corrected chi connectivity index (χ0v) is 28.4. The van der Waals surface area contributed by atoms with Crippen LogP contribution in [0.3, 0.4) is 0 Å². The zero-order valence-electron chi connectivity index (χ0n) is 27.6. The number of amides is 2. The standard InChI is InChI=1S/C39H43N5O2S/c1-25-12-14-29(15-13-25)44-37(22-36(42-44)39(2,3)4)41-38(46)40-28-9-7-8-26(19-28)18-27-20-30-16-17-31(21-27)43(30)23-34(45)33-24-47-35-11-6-5-10-32(33)35/h5-15,19,22,24,27,30-31H,16-18,20-21,23H2,1-4H3,(H2,40,41,46). The van der Waals surface area contributed by atoms with Crippen molar-refractivity contribution in [3.8, 4) is 5.69 Å². The van der Waals surface area contributed by atoms with Crippen molar-refractivity contribution in [1.82, 2.24) is 14.7 Å². The van der Waals surface area contributed by atoms with Crippen molar-refractivity contribution >= 4 is 44.7 Å². The Balaban J connectivity index is 0.983. The first-order valence-electron chi connectivity index (χ1n) is 16.7. The summed E-state index contributed by atoms with van der Waals surface area (Å²) in [4.78, 5) is 29.1. The second kappa shape index (κ2) is 12.7. The van der Waals surface area contributed by atoms with Crippen molar-refractivity contribution in [2.45, 2.75) is 77.3 Å². The van der Waals surface area contributed by atoms with Gasteiger partial charge in [-0.15, -0.1) is 11.3 Å². The van der Waals surface area contributed by atoms with Crippen LogP contribution >= 0.6 is 11.3 Å². The Hall–Kier alpha value is -4.27. The number of nitrogens with zero attached hydrogens (tertiary/aromatic N) is 3. The highest BCUT2D eigenvalue weighted by molar-refractivity contribution is 7.17. The number of aromatic nitrogens is 2. The third-order valence-corrected chi connectivity index (χ3v) is 10.8. The van der Waals surface area contributed by atoms with E-state index in [0.29, 0.717) is 30.4 Å². The van der Waals surface area contributed by atoms with Crippen molar-refractivity contribution in [3.63, 3.8) is 0 Å². The van der Waals surface area contributed by atoms with Crippen molar-refractivity contribution in [3.05, 3.63) is 107 Å². The van der Waals surface area contributed by atoms with Crippen LogP contribution in [0, 0.1) is 12.8 Å². The van der Waals surface area contributed by atoms with Gasteiger partial charge in [0.05, 0.1) is 17.9 Å². The van der Waals surface area contributed by atoms with Crippen LogP contribution < -0.4 is 10.6 Å². The largest absolute Gasteiger partial charge is 0.324 e. The number of urea groups is 1. The second-order valence-corrected chi connectivity index (χ2v) is 15.3. The van der Waals surface area contributed by atoms with Gasteiger partial charge in [-0.2, -0.15) is 5.10 Å². The number of anilines is 2. The molecule has 2 aromatic heterocycles. The molecular formula is C39H43N5O2S. The topological polar surface area (TPSA) is 79.3 Å². The van der Waals surface area contributed by atoms with Crippen LogP contribution in [0.5, 0.6) is 0 Å². The minimum atomic E-state index is -0.301. The number of ketones is 1. The molecule has 2 atom stereocenters. The smallest absolute Gasteiger partial charge is 0.308 e. The first-order valence-corrected chi connectivity index (χ1v) is 17.6. The summed E-state index contributed by atoms with van der Waals surface area (Å²) < 4.78 is 2.97. The number of nitrogens with one attached hydrogen (secondary N) is 2. The molecule has 2 aliphatic rings. The molecule has 4 heterocycles. The average Bonchev–Trinajstić information content (AvgIpc) is 3.72. The molecule has 2 N–H and O–H groups in total. The molecule has 2 bridgehead atoms. The Morgan fingerprint density at radius 1 is 0.915 bits per heavy atom. The molecule has 2 saturated heterocycles. The molecule has 7 rings (SSSR count). The minimum Gasteiger partial charge on any atom is -0.308 e. The number of aryl methyl sites for hydroxylation is 1. The highest BCUT2D eigenvalue weighted by Crippen LogP contribution is 2.40. The number of piperidine rings is 1. The molecular weight excluding hydrogens is 603 g/mol. The second-order valence-electron chi connectivity index (χ2n) is 14.4. The van der Waals surface area contributed by atoms with Gasteiger partial charge in [-0.25, -0.2) is 9.48 Å². The quantitative estimate of drug-likeness (QED) is 0.165. The van der Waals surface area contributed by atoms with Crippen LogP contribution in [-0.4, -0.2) is 45.1 Å². The summed E-state index contributed by atoms with van der Waals surface area (Å²) in [6.07, 6.45) is 5.50. The van der Waals surface area contributed by atoms with E-state index in [1.54, 1.807) is 16.0 Å². The molecule has 0 saturated carbocycles. The van der Waals surface area contributed by atoms with Crippen LogP contribution in [0.2, 0.25) is 0 Å². The number of rotatable bonds is 8. The highest BCUT2D eigenvalue weighted by Gasteiger charge is 2.41. The highest BCUT2D eigenvalue weighted by atomic mass is 32.1. The van der Waals surface area contributed by atoms with Crippen molar-refractivity contribution in [2.24, 2.45) is 5.92 Å². The van der Waals surface area contributed by atoms with Gasteiger partial charge in [-0.1, -0.05) is 68.8 Å². The number of carbonyl (C=O) groups is 2. The Bertz CT molecular complexity index is 1900. The summed E-state index contributed by atoms with van der Waals surface area (Å²) in [5, 5.41) is 14.0. The van der Waals surface area contributed by atoms with Crippen molar-refractivity contribution < 1.29 is 9.59 Å². The van der Waals surface area contributed by atoms with Gasteiger partial charge in [0.2, 0.25) is 0 Å². The molecule has 3 aromatic carbocycles. The van der Waals surface area contributed by atoms with E-state index in [0.717, 1.165) is 60.1 Å². The third-order valence-electron chi connectivity index (χ3n) is 9.80. The predicted octanol–water partition coefficient (Wildman–Crippen LogP) is 9.01. The van der Waals surface area contributed by atoms with E-state index in [2.05, 4.69) is 67.5 Å². The van der Waals surface area contributed by atoms with Crippen LogP contribution in [0.1, 0.15) is 73.6 Å². The molecule has 5 aromatic rings. The number of hydrogen-bond donors (Lipinski definition) is 2. The van der Waals surface area contributed by atoms with Gasteiger partial charge in [-0.05, 0) is 80.8 Å². The lowest BCUT2D eigenvalue weighted by atomic mass is 9.85. The fraction of sp³-hybridized carbons (Fsp3) is 0.359. The summed E-state index contributed by atoms with van der Waals surface area (Å²) in [6.45, 7) is 8.92. The van der Waals surface area contributed by atoms with E-state index in [4.69, 9.17) is 5.10 Å². The monoisotopic (exact) mass is 645 g/mol. The van der Waals surface area contributed by atoms with Gasteiger partial charge in [0.15, 0.2) is 5.78 Å². The molecule has 0 aliphatic carbocycles. The van der Waals surface area contributed by atoms with E-state index >= 15 is 0 Å². The number of thiophene rings is 1. The predicted molar refractivity (Wildman–Crippen MR) is 192 cm³/mol. The minimum absolute atomic E-state index is 0.165. The number of carbonyl (C=O) groups excluding carboxylic acids is 2. The third kappa shape index (κ3) is 6.76. The van der Waals surface area contributed by atoms with Crippen LogP contribution in [-0.2, 0) is 11.8 Å². The average molecular weight is 646 g/mol. The molecule has 2 aliphatic heterocycles. The fourth-order valence-corrected chi connectivity index (χ4v) is 8.33. The van der Waals surface area contributed by atoms with Crippen LogP contribution in [0.25, 0.3) is 15.8 Å². The molecule has 2 unspecified atom stereocenters. The molecule has 0 spiro atoms. The lowest BCUT2D eigenvalue weighted by molar-refractivity contribution is 0.0746. The summed E-state index contributed by atoms with van der Waals surface area (Å²) in [7, 11) is 0. The maximum absolute atomic E-state index is 13.4. The van der Waals surface area contributed by atoms with E-state index < -0.39 is 0 Å². The lowest BCUT2D eigenvalue weighted by Crippen LogP contribution is -2.45. The number of benzene rings is 3. The SMILES string of the molecule is Cc1ccc(-n2nc(C(C)(C)C)cc2NC(=O)Nc2cccc(CC3CC4CCC(C3)N4CC(=O)c3csc4ccccc34)c2)cc1. The Labute approximate surface area is 281 Å². The lowest BCUT2D eigenvalue weighted by Gasteiger charge is -2.38. The summed E-state index contributed by atoms with van der Waals surface area (Å²) >= 11 is 1.66. The number of hydrogen-bond acceptors (Lipinski definition) is 5. The Morgan fingerprint density at radius 3 is 2.40 bits per heavy atom. The normalized spacial score (nSPS) is 19.6. The molecule has 2 amide bonds. The van der Waals surface area contributed by atoms with Gasteiger partial charge in [0.1, 0.15) is 5.82 Å². The van der Waals surface area contributed by atoms with E-state index in [-0.39, 0.29) is 17.2 Å². The van der Waals surface area contributed by atoms with Crippen molar-refractivity contribution in [1.29, 1.82) is 0 Å². The molecule has 0 radical (unpaired) electrons. The van der Waals surface area contributed by atoms with Gasteiger partial charge in [0.25, 0.3) is 0 Å². The van der Waals surface area contributed by atoms with Crippen LogP contribution in [0.15, 0.2) is 84.2 Å². The molecule has 2 fully saturated rings. The molecule has 8 heteroatoms. The maximum Gasteiger partial charge on any atom is 0.324 e. The fourth-order valence-electron chi connectivity index (χ4n) is 7.36. The number of Topliss-reactive ketones (excluding diaryl/α,β-unsaturated/α-hetero) is 1. The molecule has 242 valence electrons. The first kappa shape index (κ1) is 31.3. The van der Waals surface area contributed by atoms with Gasteiger partial charge in [-0.3, -0.25) is 15.0 Å². The number of fused-ring (bicyclic) bond motifs is 3. The summed E-state index contributed by atoms with van der Waals surface area (Å²) in [5.74, 6) is 1.43. The van der Waals surface area contributed by atoms with Crippen molar-refractivity contribution in [2.75, 3.05) is 17.2 Å².